The molecule has 2 heterocycles. The molecule has 17 heavy (non-hydrogen) atoms. The molecule has 0 unspecified atom stereocenters. The van der Waals surface area contributed by atoms with Crippen molar-refractivity contribution in [3.05, 3.63) is 23.1 Å². The minimum atomic E-state index is -0.445. The SMILES string of the molecule is CCCCN1O/C(=C2/C(=O)ON=C2C)C=C1C. The fourth-order valence-corrected chi connectivity index (χ4v) is 1.75. The first kappa shape index (κ1) is 11.7. The molecule has 2 aliphatic heterocycles. The number of carbonyl (C=O) groups is 1. The molecule has 0 aromatic rings. The number of rotatable bonds is 3. The quantitative estimate of drug-likeness (QED) is 0.556. The van der Waals surface area contributed by atoms with Crippen LogP contribution in [0.1, 0.15) is 33.6 Å². The van der Waals surface area contributed by atoms with Crippen LogP contribution in [0, 0.1) is 0 Å². The zero-order valence-electron chi connectivity index (χ0n) is 10.3. The predicted molar refractivity (Wildman–Crippen MR) is 62.7 cm³/mol. The topological polar surface area (TPSA) is 51.1 Å². The van der Waals surface area contributed by atoms with Crippen molar-refractivity contribution >= 4 is 11.7 Å². The van der Waals surface area contributed by atoms with Gasteiger partial charge in [0.25, 0.3) is 0 Å². The number of allylic oxidation sites excluding steroid dienone is 2. The molecule has 0 bridgehead atoms. The zero-order valence-corrected chi connectivity index (χ0v) is 10.3. The molecule has 0 aromatic heterocycles. The Bertz CT molecular complexity index is 435. The molecular weight excluding hydrogens is 220 g/mol. The van der Waals surface area contributed by atoms with E-state index in [0.717, 1.165) is 25.1 Å². The molecule has 0 saturated heterocycles. The highest BCUT2D eigenvalue weighted by Crippen LogP contribution is 2.27. The lowest BCUT2D eigenvalue weighted by molar-refractivity contribution is -0.137. The van der Waals surface area contributed by atoms with Crippen LogP contribution < -0.4 is 0 Å². The van der Waals surface area contributed by atoms with E-state index in [1.165, 1.54) is 0 Å². The van der Waals surface area contributed by atoms with Crippen molar-refractivity contribution in [2.45, 2.75) is 33.6 Å². The lowest BCUT2D eigenvalue weighted by Crippen LogP contribution is -2.19. The molecule has 5 heteroatoms. The van der Waals surface area contributed by atoms with Gasteiger partial charge in [-0.2, -0.15) is 0 Å². The molecule has 0 spiro atoms. The number of hydrogen-bond acceptors (Lipinski definition) is 5. The summed E-state index contributed by atoms with van der Waals surface area (Å²) < 4.78 is 0. The maximum Gasteiger partial charge on any atom is 0.371 e. The van der Waals surface area contributed by atoms with E-state index in [2.05, 4.69) is 16.9 Å². The van der Waals surface area contributed by atoms with Gasteiger partial charge in [0.2, 0.25) is 0 Å². The van der Waals surface area contributed by atoms with E-state index >= 15 is 0 Å². The molecule has 2 rings (SSSR count). The first-order valence-corrected chi connectivity index (χ1v) is 5.78. The Morgan fingerprint density at radius 3 is 2.76 bits per heavy atom. The average Bonchev–Trinajstić information content (AvgIpc) is 2.80. The third-order valence-electron chi connectivity index (χ3n) is 2.73. The normalized spacial score (nSPS) is 23.5. The van der Waals surface area contributed by atoms with E-state index in [1.807, 2.05) is 13.0 Å². The van der Waals surface area contributed by atoms with Gasteiger partial charge in [0.05, 0.1) is 18.0 Å². The van der Waals surface area contributed by atoms with Gasteiger partial charge < -0.3 is 9.68 Å². The lowest BCUT2D eigenvalue weighted by Gasteiger charge is -2.18. The number of hydroxylamine groups is 2. The van der Waals surface area contributed by atoms with E-state index in [-0.39, 0.29) is 0 Å². The van der Waals surface area contributed by atoms with Crippen LogP contribution in [0.25, 0.3) is 0 Å². The average molecular weight is 236 g/mol. The van der Waals surface area contributed by atoms with Crippen LogP contribution in [-0.2, 0) is 14.5 Å². The van der Waals surface area contributed by atoms with Gasteiger partial charge >= 0.3 is 5.97 Å². The van der Waals surface area contributed by atoms with Crippen LogP contribution >= 0.6 is 0 Å². The maximum absolute atomic E-state index is 11.5. The third kappa shape index (κ3) is 2.18. The van der Waals surface area contributed by atoms with Crippen LogP contribution in [0.5, 0.6) is 0 Å². The van der Waals surface area contributed by atoms with Crippen molar-refractivity contribution in [2.24, 2.45) is 5.16 Å². The van der Waals surface area contributed by atoms with Crippen molar-refractivity contribution in [2.75, 3.05) is 6.54 Å². The van der Waals surface area contributed by atoms with Crippen molar-refractivity contribution in [3.8, 4) is 0 Å². The first-order chi connectivity index (χ1) is 8.13. The van der Waals surface area contributed by atoms with E-state index < -0.39 is 5.97 Å². The molecule has 2 aliphatic rings. The minimum Gasteiger partial charge on any atom is -0.379 e. The van der Waals surface area contributed by atoms with Crippen molar-refractivity contribution < 1.29 is 14.5 Å². The van der Waals surface area contributed by atoms with Crippen LogP contribution in [0.3, 0.4) is 0 Å². The number of carbonyl (C=O) groups excluding carboxylic acids is 1. The van der Waals surface area contributed by atoms with Crippen LogP contribution in [-0.4, -0.2) is 23.3 Å². The predicted octanol–water partition coefficient (Wildman–Crippen LogP) is 2.12. The second-order valence-corrected chi connectivity index (χ2v) is 4.13. The largest absolute Gasteiger partial charge is 0.379 e. The van der Waals surface area contributed by atoms with Gasteiger partial charge in [-0.25, -0.2) is 9.86 Å². The van der Waals surface area contributed by atoms with Gasteiger partial charge in [-0.15, -0.1) is 0 Å². The molecule has 0 radical (unpaired) electrons. The molecule has 92 valence electrons. The summed E-state index contributed by atoms with van der Waals surface area (Å²) >= 11 is 0. The minimum absolute atomic E-state index is 0.420. The Balaban J connectivity index is 2.19. The van der Waals surface area contributed by atoms with Gasteiger partial charge in [0.15, 0.2) is 5.76 Å². The molecule has 0 amide bonds. The van der Waals surface area contributed by atoms with Gasteiger partial charge in [-0.05, 0) is 20.3 Å². The Hall–Kier alpha value is -1.78. The van der Waals surface area contributed by atoms with Crippen molar-refractivity contribution in [1.82, 2.24) is 5.06 Å². The Kier molecular flexibility index (Phi) is 3.17. The summed E-state index contributed by atoms with van der Waals surface area (Å²) in [5, 5.41) is 5.43. The maximum atomic E-state index is 11.5. The van der Waals surface area contributed by atoms with Crippen LogP contribution in [0.15, 0.2) is 28.3 Å². The molecule has 5 nitrogen and oxygen atoms in total. The summed E-state index contributed by atoms with van der Waals surface area (Å²) in [7, 11) is 0. The fraction of sp³-hybridized carbons (Fsp3) is 0.500. The second-order valence-electron chi connectivity index (χ2n) is 4.13. The summed E-state index contributed by atoms with van der Waals surface area (Å²) in [5.41, 5.74) is 1.98. The Labute approximate surface area is 100 Å². The summed E-state index contributed by atoms with van der Waals surface area (Å²) in [5.74, 6) is 0.0845. The molecule has 0 atom stereocenters. The summed E-state index contributed by atoms with van der Waals surface area (Å²) in [4.78, 5) is 21.7. The number of oxime groups is 1. The van der Waals surface area contributed by atoms with E-state index in [0.29, 0.717) is 17.0 Å². The van der Waals surface area contributed by atoms with Gasteiger partial charge in [-0.1, -0.05) is 18.5 Å². The Morgan fingerprint density at radius 2 is 2.18 bits per heavy atom. The number of hydrogen-bond donors (Lipinski definition) is 0. The third-order valence-corrected chi connectivity index (χ3v) is 2.73. The highest BCUT2D eigenvalue weighted by molar-refractivity contribution is 6.21. The molecule has 0 aliphatic carbocycles. The highest BCUT2D eigenvalue weighted by atomic mass is 16.7. The van der Waals surface area contributed by atoms with Crippen LogP contribution in [0.2, 0.25) is 0 Å². The summed E-state index contributed by atoms with van der Waals surface area (Å²) in [6, 6.07) is 0. The van der Waals surface area contributed by atoms with E-state index in [1.54, 1.807) is 12.0 Å². The number of nitrogens with zero attached hydrogens (tertiary/aromatic N) is 2. The molecule has 0 N–H and O–H groups in total. The van der Waals surface area contributed by atoms with Gasteiger partial charge in [0, 0.05) is 6.08 Å². The highest BCUT2D eigenvalue weighted by Gasteiger charge is 2.30. The van der Waals surface area contributed by atoms with E-state index in [4.69, 9.17) is 4.84 Å². The zero-order chi connectivity index (χ0) is 12.4. The second kappa shape index (κ2) is 4.61. The first-order valence-electron chi connectivity index (χ1n) is 5.78. The molecular formula is C12H16N2O3. The molecule has 0 saturated carbocycles. The fourth-order valence-electron chi connectivity index (χ4n) is 1.75. The van der Waals surface area contributed by atoms with E-state index in [9.17, 15) is 4.79 Å². The smallest absolute Gasteiger partial charge is 0.371 e. The standard InChI is InChI=1S/C12H16N2O3/c1-4-5-6-14-8(2)7-10(17-14)11-9(3)13-16-12(11)15/h7H,4-6H2,1-3H3/b11-10+. The van der Waals surface area contributed by atoms with Crippen molar-refractivity contribution in [1.29, 1.82) is 0 Å². The van der Waals surface area contributed by atoms with Crippen molar-refractivity contribution in [3.63, 3.8) is 0 Å². The number of unbranched alkanes of at least 4 members (excludes halogenated alkanes) is 1. The molecule has 0 fully saturated rings. The Morgan fingerprint density at radius 1 is 1.41 bits per heavy atom. The van der Waals surface area contributed by atoms with Crippen LogP contribution in [0.4, 0.5) is 0 Å². The monoisotopic (exact) mass is 236 g/mol. The lowest BCUT2D eigenvalue weighted by atomic mass is 10.1. The van der Waals surface area contributed by atoms with Gasteiger partial charge in [0.1, 0.15) is 5.57 Å². The summed E-state index contributed by atoms with van der Waals surface area (Å²) in [6.45, 7) is 6.63. The summed E-state index contributed by atoms with van der Waals surface area (Å²) in [6.07, 6.45) is 3.99. The molecule has 0 aromatic carbocycles. The van der Waals surface area contributed by atoms with Gasteiger partial charge in [-0.3, -0.25) is 0 Å².